The number of rotatable bonds is 2. The van der Waals surface area contributed by atoms with E-state index in [1.54, 1.807) is 0 Å². The molecule has 1 fully saturated rings. The van der Waals surface area contributed by atoms with E-state index < -0.39 is 0 Å². The van der Waals surface area contributed by atoms with Gasteiger partial charge in [0.15, 0.2) is 0 Å². The number of hydrogen-bond acceptors (Lipinski definition) is 3. The Morgan fingerprint density at radius 2 is 1.85 bits per heavy atom. The van der Waals surface area contributed by atoms with Crippen molar-refractivity contribution < 1.29 is 5.48 Å². The summed E-state index contributed by atoms with van der Waals surface area (Å²) in [6.07, 6.45) is 5.76. The summed E-state index contributed by atoms with van der Waals surface area (Å²) in [6, 6.07) is 6.50. The van der Waals surface area contributed by atoms with E-state index in [9.17, 15) is 0 Å². The third-order valence-electron chi connectivity index (χ3n) is 5.00. The second kappa shape index (κ2) is 8.76. The second-order valence-corrected chi connectivity index (χ2v) is 7.75. The van der Waals surface area contributed by atoms with Crippen molar-refractivity contribution >= 4 is 35.6 Å². The highest BCUT2D eigenvalue weighted by atomic mass is 35.5. The first kappa shape index (κ1) is 21.9. The molecule has 0 spiro atoms. The van der Waals surface area contributed by atoms with Gasteiger partial charge in [0.2, 0.25) is 0 Å². The number of aromatic nitrogens is 3. The van der Waals surface area contributed by atoms with Crippen LogP contribution in [0.2, 0.25) is 10.0 Å². The minimum Gasteiger partial charge on any atom is -0.412 e. The van der Waals surface area contributed by atoms with Crippen LogP contribution >= 0.6 is 35.6 Å². The van der Waals surface area contributed by atoms with E-state index in [0.717, 1.165) is 41.2 Å². The molecule has 3 aliphatic heterocycles. The summed E-state index contributed by atoms with van der Waals surface area (Å²) in [5, 5.41) is 4.85. The van der Waals surface area contributed by atoms with Crippen molar-refractivity contribution in [3.63, 3.8) is 0 Å². The number of fused-ring (bicyclic) bond motifs is 1. The van der Waals surface area contributed by atoms with Crippen molar-refractivity contribution in [2.45, 2.75) is 44.7 Å². The molecule has 8 heteroatoms. The molecule has 0 aliphatic carbocycles. The highest BCUT2D eigenvalue weighted by Gasteiger charge is 2.30. The van der Waals surface area contributed by atoms with Gasteiger partial charge in [-0.3, -0.25) is 4.98 Å². The number of aromatic amines is 1. The van der Waals surface area contributed by atoms with E-state index in [1.807, 2.05) is 30.6 Å². The zero-order valence-corrected chi connectivity index (χ0v) is 17.4. The van der Waals surface area contributed by atoms with Crippen LogP contribution in [0, 0.1) is 6.92 Å². The number of aryl methyl sites for hydroxylation is 1. The fraction of sp³-hybridized carbons (Fsp3) is 0.368. The highest BCUT2D eigenvalue weighted by Crippen LogP contribution is 2.37. The average molecular weight is 430 g/mol. The van der Waals surface area contributed by atoms with Gasteiger partial charge in [-0.2, -0.15) is 0 Å². The number of halogens is 3. The molecule has 4 rings (SSSR count). The van der Waals surface area contributed by atoms with Gasteiger partial charge in [0.05, 0.1) is 21.9 Å². The molecule has 3 unspecified atom stereocenters. The molecule has 27 heavy (non-hydrogen) atoms. The van der Waals surface area contributed by atoms with Gasteiger partial charge in [-0.05, 0) is 49.9 Å². The Morgan fingerprint density at radius 3 is 2.59 bits per heavy atom. The molecule has 1 saturated heterocycles. The van der Waals surface area contributed by atoms with Gasteiger partial charge >= 0.3 is 0 Å². The van der Waals surface area contributed by atoms with Crippen LogP contribution in [0.1, 0.15) is 48.7 Å². The molecular formula is C19H23Cl3N4O. The van der Waals surface area contributed by atoms with Crippen molar-refractivity contribution in [3.05, 3.63) is 57.6 Å². The molecule has 5 nitrogen and oxygen atoms in total. The van der Waals surface area contributed by atoms with Crippen molar-refractivity contribution in [2.75, 3.05) is 0 Å². The number of nitrogens with zero attached hydrogens (tertiary/aromatic N) is 2. The molecule has 1 aromatic rings. The fourth-order valence-electron chi connectivity index (χ4n) is 3.73. The fourth-order valence-corrected chi connectivity index (χ4v) is 4.03. The Hall–Kier alpha value is -1.37. The monoisotopic (exact) mass is 428 g/mol. The lowest BCUT2D eigenvalue weighted by Gasteiger charge is -2.35. The second-order valence-electron chi connectivity index (χ2n) is 6.93. The lowest BCUT2D eigenvalue weighted by atomic mass is 9.85. The SMILES string of the molecule is Cc1cnc2cnc(C3CC(C)NC(c4ccc(Cl)c(Cl)c4)C3)[nH]c1-2.Cl.O. The molecule has 0 amide bonds. The Balaban J connectivity index is 0.00000131. The minimum absolute atomic E-state index is 0. The molecule has 3 heterocycles. The molecule has 0 radical (unpaired) electrons. The van der Waals surface area contributed by atoms with Crippen LogP contribution in [0.3, 0.4) is 0 Å². The van der Waals surface area contributed by atoms with Crippen molar-refractivity contribution in [1.82, 2.24) is 20.3 Å². The van der Waals surface area contributed by atoms with Gasteiger partial charge < -0.3 is 15.8 Å². The van der Waals surface area contributed by atoms with Crippen molar-refractivity contribution in [1.29, 1.82) is 0 Å². The van der Waals surface area contributed by atoms with Gasteiger partial charge in [-0.1, -0.05) is 29.3 Å². The van der Waals surface area contributed by atoms with Gasteiger partial charge in [0.25, 0.3) is 0 Å². The number of piperidine rings is 1. The molecule has 1 aromatic carbocycles. The summed E-state index contributed by atoms with van der Waals surface area (Å²) >= 11 is 12.3. The van der Waals surface area contributed by atoms with Crippen LogP contribution in [0.15, 0.2) is 30.6 Å². The molecular weight excluding hydrogens is 407 g/mol. The summed E-state index contributed by atoms with van der Waals surface area (Å²) in [5.74, 6) is 1.39. The average Bonchev–Trinajstić information content (AvgIpc) is 2.97. The van der Waals surface area contributed by atoms with Gasteiger partial charge in [-0.15, -0.1) is 12.4 Å². The molecule has 3 atom stereocenters. The maximum absolute atomic E-state index is 6.21. The Kier molecular flexibility index (Phi) is 7.11. The molecule has 3 aliphatic rings. The Bertz CT molecular complexity index is 885. The topological polar surface area (TPSA) is 85.1 Å². The summed E-state index contributed by atoms with van der Waals surface area (Å²) in [4.78, 5) is 12.5. The lowest BCUT2D eigenvalue weighted by molar-refractivity contribution is 0.299. The molecule has 146 valence electrons. The predicted octanol–water partition coefficient (Wildman–Crippen LogP) is 4.72. The molecule has 0 saturated carbocycles. The smallest absolute Gasteiger partial charge is 0.109 e. The maximum atomic E-state index is 6.21. The number of nitrogens with one attached hydrogen (secondary N) is 2. The van der Waals surface area contributed by atoms with Gasteiger partial charge in [0, 0.05) is 24.2 Å². The molecule has 4 N–H and O–H groups in total. The summed E-state index contributed by atoms with van der Waals surface area (Å²) in [7, 11) is 0. The Labute approximate surface area is 175 Å². The summed E-state index contributed by atoms with van der Waals surface area (Å²) < 4.78 is 0. The highest BCUT2D eigenvalue weighted by molar-refractivity contribution is 6.42. The maximum Gasteiger partial charge on any atom is 0.109 e. The molecule has 0 bridgehead atoms. The van der Waals surface area contributed by atoms with E-state index in [0.29, 0.717) is 22.0 Å². The van der Waals surface area contributed by atoms with E-state index in [2.05, 4.69) is 34.1 Å². The van der Waals surface area contributed by atoms with Crippen LogP contribution in [-0.2, 0) is 0 Å². The van der Waals surface area contributed by atoms with E-state index in [1.165, 1.54) is 0 Å². The lowest BCUT2D eigenvalue weighted by Crippen LogP contribution is -2.38. The summed E-state index contributed by atoms with van der Waals surface area (Å²) in [5.41, 5.74) is 4.33. The largest absolute Gasteiger partial charge is 0.412 e. The van der Waals surface area contributed by atoms with Crippen LogP contribution in [0.5, 0.6) is 0 Å². The van der Waals surface area contributed by atoms with Crippen molar-refractivity contribution in [2.24, 2.45) is 0 Å². The minimum atomic E-state index is 0. The first-order valence-electron chi connectivity index (χ1n) is 8.52. The van der Waals surface area contributed by atoms with Gasteiger partial charge in [0.1, 0.15) is 11.5 Å². The van der Waals surface area contributed by atoms with Crippen LogP contribution in [0.4, 0.5) is 0 Å². The predicted molar refractivity (Wildman–Crippen MR) is 112 cm³/mol. The zero-order chi connectivity index (χ0) is 17.6. The van der Waals surface area contributed by atoms with Crippen LogP contribution in [0.25, 0.3) is 11.4 Å². The third kappa shape index (κ3) is 4.39. The van der Waals surface area contributed by atoms with Crippen molar-refractivity contribution in [3.8, 4) is 11.4 Å². The van der Waals surface area contributed by atoms with E-state index in [-0.39, 0.29) is 23.9 Å². The standard InChI is InChI=1S/C19H20Cl2N4.ClH.H2O/c1-10-8-22-17-9-23-19(25-18(10)17)13-5-11(2)24-16(7-13)12-3-4-14(20)15(21)6-12;;/h3-4,6,8-9,11,13,16,24H,5,7H2,1-2H3,(H,23,25);1H;1H2. The molecule has 0 aromatic heterocycles. The van der Waals surface area contributed by atoms with E-state index in [4.69, 9.17) is 23.2 Å². The number of hydrogen-bond donors (Lipinski definition) is 2. The number of H-pyrrole nitrogens is 1. The first-order chi connectivity index (χ1) is 12.0. The zero-order valence-electron chi connectivity index (χ0n) is 15.1. The van der Waals surface area contributed by atoms with Crippen LogP contribution < -0.4 is 5.32 Å². The third-order valence-corrected chi connectivity index (χ3v) is 5.74. The van der Waals surface area contributed by atoms with Gasteiger partial charge in [-0.25, -0.2) is 4.98 Å². The number of benzene rings is 1. The normalized spacial score (nSPS) is 22.1. The first-order valence-corrected chi connectivity index (χ1v) is 9.28. The summed E-state index contributed by atoms with van der Waals surface area (Å²) in [6.45, 7) is 4.28. The Morgan fingerprint density at radius 1 is 1.07 bits per heavy atom. The van der Waals surface area contributed by atoms with Crippen LogP contribution in [-0.4, -0.2) is 26.5 Å². The van der Waals surface area contributed by atoms with E-state index >= 15 is 0 Å². The quantitative estimate of drug-likeness (QED) is 0.618.